The minimum Gasteiger partial charge on any atom is -0.370 e. The van der Waals surface area contributed by atoms with Gasteiger partial charge in [0.15, 0.2) is 5.96 Å². The molecule has 1 aromatic heterocycles. The zero-order chi connectivity index (χ0) is 15.5. The molecule has 0 fully saturated rings. The third kappa shape index (κ3) is 3.47. The van der Waals surface area contributed by atoms with Gasteiger partial charge < -0.3 is 11.1 Å². The van der Waals surface area contributed by atoms with Crippen LogP contribution in [0, 0.1) is 6.92 Å². The second kappa shape index (κ2) is 6.48. The lowest BCUT2D eigenvalue weighted by molar-refractivity contribution is 0.763. The first kappa shape index (κ1) is 15.0. The van der Waals surface area contributed by atoms with Crippen LogP contribution >= 0.6 is 11.3 Å². The summed E-state index contributed by atoms with van der Waals surface area (Å²) in [7, 11) is 0. The Bertz CT molecular complexity index is 690. The van der Waals surface area contributed by atoms with Gasteiger partial charge in [0, 0.05) is 22.7 Å². The molecule has 116 valence electrons. The van der Waals surface area contributed by atoms with Crippen LogP contribution in [-0.2, 0) is 12.8 Å². The number of nitrogens with zero attached hydrogens (tertiary/aromatic N) is 2. The van der Waals surface area contributed by atoms with Gasteiger partial charge in [0.25, 0.3) is 0 Å². The number of hydrogen-bond acceptors (Lipinski definition) is 3. The van der Waals surface area contributed by atoms with Gasteiger partial charge in [-0.1, -0.05) is 13.0 Å². The summed E-state index contributed by atoms with van der Waals surface area (Å²) in [6.45, 7) is 4.79. The highest BCUT2D eigenvalue weighted by atomic mass is 32.1. The second-order valence-electron chi connectivity index (χ2n) is 5.92. The molecule has 1 heterocycles. The van der Waals surface area contributed by atoms with Crippen molar-refractivity contribution in [2.24, 2.45) is 10.7 Å². The van der Waals surface area contributed by atoms with E-state index >= 15 is 0 Å². The first-order chi connectivity index (χ1) is 10.6. The SMILES string of the molecule is Cc1csc(C(C)CN=C(N)Nc2ccc3c(c2)CCC3)n1. The average molecular weight is 314 g/mol. The maximum Gasteiger partial charge on any atom is 0.193 e. The Labute approximate surface area is 135 Å². The lowest BCUT2D eigenvalue weighted by Gasteiger charge is -2.09. The predicted molar refractivity (Wildman–Crippen MR) is 93.8 cm³/mol. The number of thiazole rings is 1. The third-order valence-electron chi connectivity index (χ3n) is 3.96. The van der Waals surface area contributed by atoms with E-state index in [1.54, 1.807) is 11.3 Å². The number of hydrogen-bond donors (Lipinski definition) is 2. The number of benzene rings is 1. The van der Waals surface area contributed by atoms with E-state index in [1.165, 1.54) is 30.4 Å². The van der Waals surface area contributed by atoms with Crippen LogP contribution in [0.4, 0.5) is 5.69 Å². The lowest BCUT2D eigenvalue weighted by Crippen LogP contribution is -2.23. The van der Waals surface area contributed by atoms with E-state index in [4.69, 9.17) is 5.73 Å². The molecule has 3 N–H and O–H groups in total. The summed E-state index contributed by atoms with van der Waals surface area (Å²) >= 11 is 1.69. The van der Waals surface area contributed by atoms with Gasteiger partial charge in [-0.15, -0.1) is 11.3 Å². The molecule has 1 aliphatic rings. The first-order valence-electron chi connectivity index (χ1n) is 7.72. The van der Waals surface area contributed by atoms with E-state index < -0.39 is 0 Å². The van der Waals surface area contributed by atoms with Gasteiger partial charge in [-0.3, -0.25) is 4.99 Å². The molecule has 0 spiro atoms. The Morgan fingerprint density at radius 2 is 2.23 bits per heavy atom. The number of anilines is 1. The van der Waals surface area contributed by atoms with E-state index in [-0.39, 0.29) is 0 Å². The summed E-state index contributed by atoms with van der Waals surface area (Å²) < 4.78 is 0. The van der Waals surface area contributed by atoms with Crippen molar-refractivity contribution in [3.63, 3.8) is 0 Å². The minimum atomic E-state index is 0.291. The monoisotopic (exact) mass is 314 g/mol. The van der Waals surface area contributed by atoms with Crippen LogP contribution in [0.5, 0.6) is 0 Å². The summed E-state index contributed by atoms with van der Waals surface area (Å²) in [5.41, 5.74) is 11.0. The van der Waals surface area contributed by atoms with E-state index in [2.05, 4.69) is 45.8 Å². The Balaban J connectivity index is 1.60. The average Bonchev–Trinajstić information content (AvgIpc) is 3.13. The fourth-order valence-corrected chi connectivity index (χ4v) is 3.60. The van der Waals surface area contributed by atoms with Crippen molar-refractivity contribution in [1.29, 1.82) is 0 Å². The van der Waals surface area contributed by atoms with Crippen molar-refractivity contribution >= 4 is 23.0 Å². The van der Waals surface area contributed by atoms with E-state index in [1.807, 2.05) is 6.92 Å². The molecule has 1 aromatic carbocycles. The van der Waals surface area contributed by atoms with Crippen LogP contribution in [0.1, 0.15) is 41.1 Å². The fraction of sp³-hybridized carbons (Fsp3) is 0.412. The summed E-state index contributed by atoms with van der Waals surface area (Å²) in [6.07, 6.45) is 3.62. The minimum absolute atomic E-state index is 0.291. The Morgan fingerprint density at radius 3 is 3.00 bits per heavy atom. The van der Waals surface area contributed by atoms with Gasteiger partial charge in [-0.05, 0) is 49.4 Å². The van der Waals surface area contributed by atoms with Crippen molar-refractivity contribution in [2.45, 2.75) is 39.0 Å². The quantitative estimate of drug-likeness (QED) is 0.671. The van der Waals surface area contributed by atoms with Gasteiger partial charge in [0.05, 0.1) is 11.6 Å². The molecule has 0 saturated heterocycles. The Morgan fingerprint density at radius 1 is 1.41 bits per heavy atom. The normalized spacial score (nSPS) is 15.6. The second-order valence-corrected chi connectivity index (χ2v) is 6.81. The third-order valence-corrected chi connectivity index (χ3v) is 5.16. The molecule has 0 radical (unpaired) electrons. The van der Waals surface area contributed by atoms with Crippen LogP contribution < -0.4 is 11.1 Å². The number of nitrogens with two attached hydrogens (primary N) is 1. The van der Waals surface area contributed by atoms with Crippen LogP contribution in [0.2, 0.25) is 0 Å². The van der Waals surface area contributed by atoms with Crippen LogP contribution in [0.15, 0.2) is 28.6 Å². The number of aryl methyl sites for hydroxylation is 3. The molecular weight excluding hydrogens is 292 g/mol. The van der Waals surface area contributed by atoms with Crippen molar-refractivity contribution in [2.75, 3.05) is 11.9 Å². The molecule has 22 heavy (non-hydrogen) atoms. The standard InChI is InChI=1S/C17H22N4S/c1-11(16-20-12(2)10-22-16)9-19-17(18)21-15-7-6-13-4-3-5-14(13)8-15/h6-8,10-11H,3-5,9H2,1-2H3,(H3,18,19,21). The van der Waals surface area contributed by atoms with Crippen molar-refractivity contribution in [3.05, 3.63) is 45.4 Å². The van der Waals surface area contributed by atoms with Crippen molar-refractivity contribution in [3.8, 4) is 0 Å². The lowest BCUT2D eigenvalue weighted by atomic mass is 10.1. The summed E-state index contributed by atoms with van der Waals surface area (Å²) in [5, 5.41) is 6.38. The molecule has 0 saturated carbocycles. The van der Waals surface area contributed by atoms with Gasteiger partial charge in [-0.2, -0.15) is 0 Å². The van der Waals surface area contributed by atoms with E-state index in [0.717, 1.165) is 16.4 Å². The molecule has 2 aromatic rings. The maximum absolute atomic E-state index is 6.00. The number of aliphatic imine (C=N–C) groups is 1. The van der Waals surface area contributed by atoms with E-state index in [0.29, 0.717) is 18.4 Å². The molecule has 0 aliphatic heterocycles. The largest absolute Gasteiger partial charge is 0.370 e. The molecule has 0 bridgehead atoms. The number of rotatable bonds is 4. The number of nitrogens with one attached hydrogen (secondary N) is 1. The van der Waals surface area contributed by atoms with Gasteiger partial charge >= 0.3 is 0 Å². The van der Waals surface area contributed by atoms with E-state index in [9.17, 15) is 0 Å². The molecular formula is C17H22N4S. The van der Waals surface area contributed by atoms with Gasteiger partial charge in [0.1, 0.15) is 0 Å². The first-order valence-corrected chi connectivity index (χ1v) is 8.60. The highest BCUT2D eigenvalue weighted by Gasteiger charge is 2.11. The smallest absolute Gasteiger partial charge is 0.193 e. The Kier molecular flexibility index (Phi) is 4.43. The predicted octanol–water partition coefficient (Wildman–Crippen LogP) is 3.47. The molecule has 1 aliphatic carbocycles. The number of guanidine groups is 1. The zero-order valence-corrected chi connectivity index (χ0v) is 13.9. The molecule has 1 atom stereocenters. The van der Waals surface area contributed by atoms with Crippen LogP contribution in [-0.4, -0.2) is 17.5 Å². The van der Waals surface area contributed by atoms with Gasteiger partial charge in [0.2, 0.25) is 0 Å². The maximum atomic E-state index is 6.00. The number of fused-ring (bicyclic) bond motifs is 1. The summed E-state index contributed by atoms with van der Waals surface area (Å²) in [4.78, 5) is 8.95. The van der Waals surface area contributed by atoms with Gasteiger partial charge in [-0.25, -0.2) is 4.98 Å². The highest BCUT2D eigenvalue weighted by Crippen LogP contribution is 2.25. The molecule has 1 unspecified atom stereocenters. The molecule has 3 rings (SSSR count). The summed E-state index contributed by atoms with van der Waals surface area (Å²) in [6, 6.07) is 6.47. The van der Waals surface area contributed by atoms with Crippen molar-refractivity contribution < 1.29 is 0 Å². The Hall–Kier alpha value is -1.88. The topological polar surface area (TPSA) is 63.3 Å². The molecule has 0 amide bonds. The van der Waals surface area contributed by atoms with Crippen LogP contribution in [0.3, 0.4) is 0 Å². The van der Waals surface area contributed by atoms with Crippen LogP contribution in [0.25, 0.3) is 0 Å². The summed E-state index contributed by atoms with van der Waals surface area (Å²) in [5.74, 6) is 0.761. The van der Waals surface area contributed by atoms with Crippen molar-refractivity contribution in [1.82, 2.24) is 4.98 Å². The number of aromatic nitrogens is 1. The molecule has 5 heteroatoms. The highest BCUT2D eigenvalue weighted by molar-refractivity contribution is 7.09. The molecule has 4 nitrogen and oxygen atoms in total. The zero-order valence-electron chi connectivity index (χ0n) is 13.1. The fourth-order valence-electron chi connectivity index (χ4n) is 2.75.